The van der Waals surface area contributed by atoms with Gasteiger partial charge in [-0.2, -0.15) is 0 Å². The molecule has 0 saturated heterocycles. The number of rotatable bonds is 11. The molecule has 4 aromatic rings. The lowest BCUT2D eigenvalue weighted by atomic mass is 9.84. The Morgan fingerprint density at radius 1 is 0.647 bits per heavy atom. The minimum Gasteiger partial charge on any atom is -0.375 e. The summed E-state index contributed by atoms with van der Waals surface area (Å²) in [5, 5.41) is 0. The van der Waals surface area contributed by atoms with Crippen LogP contribution in [0, 0.1) is 0 Å². The number of hydrogen-bond acceptors (Lipinski definition) is 3. The van der Waals surface area contributed by atoms with Crippen LogP contribution in [-0.2, 0) is 16.1 Å². The molecule has 0 aliphatic heterocycles. The number of nitrogens with zero attached hydrogens (tertiary/aromatic N) is 1. The average Bonchev–Trinajstić information content (AvgIpc) is 2.90. The zero-order valence-corrected chi connectivity index (χ0v) is 20.8. The second kappa shape index (κ2) is 12.0. The Labute approximate surface area is 208 Å². The van der Waals surface area contributed by atoms with E-state index in [-0.39, 0.29) is 10.8 Å². The molecule has 0 heterocycles. The molecule has 0 saturated carbocycles. The van der Waals surface area contributed by atoms with Crippen LogP contribution in [0.5, 0.6) is 0 Å². The maximum atomic E-state index is 6.17. The first-order valence-electron chi connectivity index (χ1n) is 11.8. The Bertz CT molecular complexity index is 1000. The van der Waals surface area contributed by atoms with E-state index in [1.54, 1.807) is 0 Å². The van der Waals surface area contributed by atoms with Crippen LogP contribution in [0.3, 0.4) is 0 Å². The van der Waals surface area contributed by atoms with Crippen LogP contribution < -0.4 is 0 Å². The second-order valence-corrected chi connectivity index (χ2v) is 9.94. The van der Waals surface area contributed by atoms with E-state index in [1.807, 2.05) is 17.8 Å². The number of benzene rings is 4. The molecule has 1 atom stereocenters. The molecule has 0 fully saturated rings. The Kier molecular flexibility index (Phi) is 8.59. The van der Waals surface area contributed by atoms with Crippen molar-refractivity contribution < 1.29 is 4.74 Å². The van der Waals surface area contributed by atoms with Gasteiger partial charge in [-0.25, -0.2) is 0 Å². The first kappa shape index (κ1) is 24.3. The van der Waals surface area contributed by atoms with Gasteiger partial charge in [-0.1, -0.05) is 121 Å². The van der Waals surface area contributed by atoms with Crippen molar-refractivity contribution in [2.45, 2.75) is 17.4 Å². The molecule has 0 bridgehead atoms. The van der Waals surface area contributed by atoms with Crippen molar-refractivity contribution in [1.82, 2.24) is 4.90 Å². The smallest absolute Gasteiger partial charge is 0.0907 e. The Morgan fingerprint density at radius 3 is 1.47 bits per heavy atom. The predicted molar refractivity (Wildman–Crippen MR) is 145 cm³/mol. The molecule has 0 amide bonds. The van der Waals surface area contributed by atoms with Crippen LogP contribution in [-0.4, -0.2) is 37.4 Å². The van der Waals surface area contributed by atoms with E-state index in [2.05, 4.69) is 134 Å². The highest BCUT2D eigenvalue weighted by molar-refractivity contribution is 8.00. The Morgan fingerprint density at radius 2 is 1.06 bits per heavy atom. The quantitative estimate of drug-likeness (QED) is 0.224. The van der Waals surface area contributed by atoms with Crippen LogP contribution in [0.15, 0.2) is 121 Å². The number of hydrogen-bond donors (Lipinski definition) is 0. The fourth-order valence-corrected chi connectivity index (χ4v) is 5.97. The molecular formula is C31H33NOS. The lowest BCUT2D eigenvalue weighted by molar-refractivity contribution is 0.0765. The van der Waals surface area contributed by atoms with E-state index < -0.39 is 0 Å². The minimum absolute atomic E-state index is 0.282. The highest BCUT2D eigenvalue weighted by atomic mass is 32.2. The molecule has 0 unspecified atom stereocenters. The van der Waals surface area contributed by atoms with E-state index in [9.17, 15) is 0 Å². The summed E-state index contributed by atoms with van der Waals surface area (Å²) in [6.07, 6.45) is 0. The molecule has 3 heteroatoms. The summed E-state index contributed by atoms with van der Waals surface area (Å²) in [4.78, 5) is 2.28. The highest BCUT2D eigenvalue weighted by Gasteiger charge is 2.37. The first-order valence-corrected chi connectivity index (χ1v) is 12.8. The van der Waals surface area contributed by atoms with Gasteiger partial charge in [0.2, 0.25) is 0 Å². The van der Waals surface area contributed by atoms with E-state index >= 15 is 0 Å². The zero-order chi connectivity index (χ0) is 23.6. The Hall–Kier alpha value is -2.85. The molecule has 0 aromatic heterocycles. The summed E-state index contributed by atoms with van der Waals surface area (Å²) in [6.45, 7) is 1.32. The van der Waals surface area contributed by atoms with Gasteiger partial charge in [0.25, 0.3) is 0 Å². The zero-order valence-electron chi connectivity index (χ0n) is 20.0. The summed E-state index contributed by atoms with van der Waals surface area (Å²) in [5.41, 5.74) is 5.08. The summed E-state index contributed by atoms with van der Waals surface area (Å²) in [6, 6.07) is 43.3. The van der Waals surface area contributed by atoms with Crippen molar-refractivity contribution in [2.75, 3.05) is 26.5 Å². The summed E-state index contributed by atoms with van der Waals surface area (Å²) in [5.74, 6) is 0.931. The largest absolute Gasteiger partial charge is 0.375 e. The first-order chi connectivity index (χ1) is 16.7. The summed E-state index contributed by atoms with van der Waals surface area (Å²) >= 11 is 1.99. The fraction of sp³-hybridized carbons (Fsp3) is 0.226. The minimum atomic E-state index is -0.308. The monoisotopic (exact) mass is 467 g/mol. The SMILES string of the molecule is CN(C)[C@H](COCc1ccccc1)CSC(c1ccccc1)(c1ccccc1)c1ccccc1. The molecule has 0 aliphatic rings. The lowest BCUT2D eigenvalue weighted by Gasteiger charge is -2.37. The van der Waals surface area contributed by atoms with Gasteiger partial charge >= 0.3 is 0 Å². The van der Waals surface area contributed by atoms with E-state index in [1.165, 1.54) is 22.3 Å². The average molecular weight is 468 g/mol. The molecule has 34 heavy (non-hydrogen) atoms. The van der Waals surface area contributed by atoms with Crippen LogP contribution in [0.2, 0.25) is 0 Å². The maximum Gasteiger partial charge on any atom is 0.0907 e. The van der Waals surface area contributed by atoms with E-state index in [0.717, 1.165) is 5.75 Å². The van der Waals surface area contributed by atoms with Gasteiger partial charge in [-0.15, -0.1) is 11.8 Å². The highest BCUT2D eigenvalue weighted by Crippen LogP contribution is 2.48. The maximum absolute atomic E-state index is 6.17. The van der Waals surface area contributed by atoms with Crippen LogP contribution in [0.1, 0.15) is 22.3 Å². The van der Waals surface area contributed by atoms with E-state index in [0.29, 0.717) is 13.2 Å². The standard InChI is InChI=1S/C31H33NOS/c1-32(2)30(24-33-23-26-15-7-3-8-16-26)25-34-31(27-17-9-4-10-18-27,28-19-11-5-12-20-28)29-21-13-6-14-22-29/h3-22,30H,23-25H2,1-2H3/t30-/m1/s1. The third-order valence-electron chi connectivity index (χ3n) is 6.19. The van der Waals surface area contributed by atoms with Gasteiger partial charge in [0.05, 0.1) is 18.0 Å². The molecule has 174 valence electrons. The van der Waals surface area contributed by atoms with Crippen LogP contribution in [0.4, 0.5) is 0 Å². The second-order valence-electron chi connectivity index (χ2n) is 8.71. The van der Waals surface area contributed by atoms with Gasteiger partial charge < -0.3 is 9.64 Å². The predicted octanol–water partition coefficient (Wildman–Crippen LogP) is 6.86. The lowest BCUT2D eigenvalue weighted by Crippen LogP contribution is -2.37. The third-order valence-corrected chi connectivity index (χ3v) is 7.88. The molecule has 4 aromatic carbocycles. The van der Waals surface area contributed by atoms with Crippen molar-refractivity contribution in [1.29, 1.82) is 0 Å². The number of thioether (sulfide) groups is 1. The summed E-state index contributed by atoms with van der Waals surface area (Å²) in [7, 11) is 4.29. The van der Waals surface area contributed by atoms with Gasteiger partial charge in [0, 0.05) is 11.8 Å². The van der Waals surface area contributed by atoms with Gasteiger partial charge in [-0.05, 0) is 36.3 Å². The molecule has 0 aliphatic carbocycles. The normalized spacial score (nSPS) is 12.6. The van der Waals surface area contributed by atoms with Crippen molar-refractivity contribution >= 4 is 11.8 Å². The molecule has 2 nitrogen and oxygen atoms in total. The molecule has 0 spiro atoms. The topological polar surface area (TPSA) is 12.5 Å². The molecule has 0 radical (unpaired) electrons. The van der Waals surface area contributed by atoms with Crippen LogP contribution in [0.25, 0.3) is 0 Å². The van der Waals surface area contributed by atoms with Gasteiger partial charge in [-0.3, -0.25) is 0 Å². The van der Waals surface area contributed by atoms with Crippen molar-refractivity contribution in [3.05, 3.63) is 144 Å². The third kappa shape index (κ3) is 5.79. The number of likely N-dealkylation sites (N-methyl/N-ethyl adjacent to an activating group) is 1. The van der Waals surface area contributed by atoms with Crippen LogP contribution >= 0.6 is 11.8 Å². The van der Waals surface area contributed by atoms with Gasteiger partial charge in [0.1, 0.15) is 0 Å². The number of ether oxygens (including phenoxy) is 1. The molecule has 4 rings (SSSR count). The van der Waals surface area contributed by atoms with Crippen molar-refractivity contribution in [3.63, 3.8) is 0 Å². The molecule has 0 N–H and O–H groups in total. The van der Waals surface area contributed by atoms with Crippen molar-refractivity contribution in [2.24, 2.45) is 0 Å². The van der Waals surface area contributed by atoms with Gasteiger partial charge in [0.15, 0.2) is 0 Å². The summed E-state index contributed by atoms with van der Waals surface area (Å²) < 4.78 is 5.86. The van der Waals surface area contributed by atoms with Crippen molar-refractivity contribution in [3.8, 4) is 0 Å². The molecular weight excluding hydrogens is 434 g/mol. The Balaban J connectivity index is 1.63. The fourth-order valence-electron chi connectivity index (χ4n) is 4.22. The van der Waals surface area contributed by atoms with E-state index in [4.69, 9.17) is 4.74 Å².